The van der Waals surface area contributed by atoms with Gasteiger partial charge in [0.15, 0.2) is 5.82 Å². The highest BCUT2D eigenvalue weighted by molar-refractivity contribution is 7.16. The maximum absolute atomic E-state index is 10.4. The second kappa shape index (κ2) is 4.17. The number of hydrogen-bond acceptors (Lipinski definition) is 5. The van der Waals surface area contributed by atoms with E-state index in [1.807, 2.05) is 13.8 Å². The number of fused-ring (bicyclic) bond motifs is 1. The van der Waals surface area contributed by atoms with Crippen molar-refractivity contribution in [3.63, 3.8) is 0 Å². The summed E-state index contributed by atoms with van der Waals surface area (Å²) < 4.78 is 1.70. The number of carbonyl (C=O) groups is 1. The number of nitrogens with zero attached hydrogens (tertiary/aromatic N) is 4. The van der Waals surface area contributed by atoms with Crippen LogP contribution in [-0.4, -0.2) is 30.9 Å². The summed E-state index contributed by atoms with van der Waals surface area (Å²) in [6.07, 6.45) is 0.544. The lowest BCUT2D eigenvalue weighted by molar-refractivity contribution is -0.136. The highest BCUT2D eigenvalue weighted by atomic mass is 32.1. The molecule has 0 aromatic carbocycles. The summed E-state index contributed by atoms with van der Waals surface area (Å²) in [7, 11) is 0. The molecular weight excluding hydrogens is 228 g/mol. The van der Waals surface area contributed by atoms with Crippen molar-refractivity contribution in [1.82, 2.24) is 19.8 Å². The SMILES string of the molecule is CC(C)c1nnc2sc(CCC(=O)O)nn12. The van der Waals surface area contributed by atoms with Crippen molar-refractivity contribution in [2.45, 2.75) is 32.6 Å². The van der Waals surface area contributed by atoms with Gasteiger partial charge in [-0.3, -0.25) is 4.79 Å². The van der Waals surface area contributed by atoms with Gasteiger partial charge in [-0.05, 0) is 0 Å². The first-order valence-electron chi connectivity index (χ1n) is 5.00. The predicted molar refractivity (Wildman–Crippen MR) is 58.7 cm³/mol. The highest BCUT2D eigenvalue weighted by Gasteiger charge is 2.14. The van der Waals surface area contributed by atoms with Gasteiger partial charge in [0.1, 0.15) is 5.01 Å². The van der Waals surface area contributed by atoms with Crippen LogP contribution in [0.25, 0.3) is 4.96 Å². The van der Waals surface area contributed by atoms with Gasteiger partial charge in [-0.15, -0.1) is 10.2 Å². The van der Waals surface area contributed by atoms with Gasteiger partial charge in [-0.1, -0.05) is 25.2 Å². The third-order valence-electron chi connectivity index (χ3n) is 2.13. The second-order valence-electron chi connectivity index (χ2n) is 3.80. The number of rotatable bonds is 4. The fourth-order valence-electron chi connectivity index (χ4n) is 1.35. The number of carboxylic acids is 1. The first kappa shape index (κ1) is 11.0. The average molecular weight is 240 g/mol. The quantitative estimate of drug-likeness (QED) is 0.871. The van der Waals surface area contributed by atoms with Gasteiger partial charge < -0.3 is 5.11 Å². The summed E-state index contributed by atoms with van der Waals surface area (Å²) in [5.74, 6) is 0.257. The summed E-state index contributed by atoms with van der Waals surface area (Å²) in [6.45, 7) is 4.04. The average Bonchev–Trinajstić information content (AvgIpc) is 2.71. The van der Waals surface area contributed by atoms with E-state index in [1.54, 1.807) is 4.52 Å². The van der Waals surface area contributed by atoms with Crippen LogP contribution in [0.15, 0.2) is 0 Å². The van der Waals surface area contributed by atoms with Crippen LogP contribution >= 0.6 is 11.3 Å². The molecule has 2 aromatic rings. The Kier molecular flexibility index (Phi) is 2.86. The van der Waals surface area contributed by atoms with E-state index in [4.69, 9.17) is 5.11 Å². The molecule has 0 saturated heterocycles. The van der Waals surface area contributed by atoms with Gasteiger partial charge in [-0.2, -0.15) is 9.61 Å². The zero-order valence-corrected chi connectivity index (χ0v) is 9.86. The Morgan fingerprint density at radius 1 is 1.50 bits per heavy atom. The van der Waals surface area contributed by atoms with E-state index in [9.17, 15) is 4.79 Å². The van der Waals surface area contributed by atoms with Gasteiger partial charge in [0.05, 0.1) is 6.42 Å². The van der Waals surface area contributed by atoms with Crippen LogP contribution in [0.4, 0.5) is 0 Å². The monoisotopic (exact) mass is 240 g/mol. The lowest BCUT2D eigenvalue weighted by Gasteiger charge is -1.97. The zero-order valence-electron chi connectivity index (χ0n) is 9.04. The van der Waals surface area contributed by atoms with Gasteiger partial charge in [0.25, 0.3) is 0 Å². The minimum absolute atomic E-state index is 0.0983. The van der Waals surface area contributed by atoms with E-state index in [0.717, 1.165) is 15.8 Å². The molecule has 0 aliphatic rings. The smallest absolute Gasteiger partial charge is 0.303 e. The van der Waals surface area contributed by atoms with Gasteiger partial charge in [0, 0.05) is 12.3 Å². The lowest BCUT2D eigenvalue weighted by Crippen LogP contribution is -2.00. The number of hydrogen-bond donors (Lipinski definition) is 1. The molecule has 0 spiro atoms. The summed E-state index contributed by atoms with van der Waals surface area (Å²) in [4.78, 5) is 11.2. The molecule has 0 radical (unpaired) electrons. The summed E-state index contributed by atoms with van der Waals surface area (Å²) in [5, 5.41) is 21.7. The molecular formula is C9H12N4O2S. The van der Waals surface area contributed by atoms with Gasteiger partial charge in [-0.25, -0.2) is 0 Å². The second-order valence-corrected chi connectivity index (χ2v) is 4.84. The molecule has 2 rings (SSSR count). The first-order valence-corrected chi connectivity index (χ1v) is 5.82. The lowest BCUT2D eigenvalue weighted by atomic mass is 10.2. The molecule has 0 fully saturated rings. The molecule has 16 heavy (non-hydrogen) atoms. The molecule has 2 heterocycles. The molecule has 0 bridgehead atoms. The number of aromatic nitrogens is 4. The van der Waals surface area contributed by atoms with Crippen LogP contribution in [0.5, 0.6) is 0 Å². The van der Waals surface area contributed by atoms with Crippen molar-refractivity contribution < 1.29 is 9.90 Å². The third-order valence-corrected chi connectivity index (χ3v) is 3.08. The van der Waals surface area contributed by atoms with E-state index >= 15 is 0 Å². The molecule has 1 N–H and O–H groups in total. The van der Waals surface area contributed by atoms with Crippen molar-refractivity contribution in [3.8, 4) is 0 Å². The summed E-state index contributed by atoms with van der Waals surface area (Å²) >= 11 is 1.39. The molecule has 6 nitrogen and oxygen atoms in total. The largest absolute Gasteiger partial charge is 0.481 e. The Balaban J connectivity index is 2.26. The van der Waals surface area contributed by atoms with Crippen molar-refractivity contribution >= 4 is 22.3 Å². The fourth-order valence-corrected chi connectivity index (χ4v) is 2.19. The first-order chi connectivity index (χ1) is 7.58. The van der Waals surface area contributed by atoms with Crippen molar-refractivity contribution in [2.24, 2.45) is 0 Å². The summed E-state index contributed by atoms with van der Waals surface area (Å²) in [5.41, 5.74) is 0. The van der Waals surface area contributed by atoms with E-state index < -0.39 is 5.97 Å². The highest BCUT2D eigenvalue weighted by Crippen LogP contribution is 2.19. The molecule has 0 unspecified atom stereocenters. The van der Waals surface area contributed by atoms with Crippen LogP contribution < -0.4 is 0 Å². The number of carboxylic acid groups (broad SMARTS) is 1. The number of aliphatic carboxylic acids is 1. The molecule has 7 heteroatoms. The topological polar surface area (TPSA) is 80.4 Å². The van der Waals surface area contributed by atoms with Crippen molar-refractivity contribution in [2.75, 3.05) is 0 Å². The zero-order chi connectivity index (χ0) is 11.7. The predicted octanol–water partition coefficient (Wildman–Crippen LogP) is 1.33. The Morgan fingerprint density at radius 3 is 2.88 bits per heavy atom. The molecule has 0 saturated carbocycles. The molecule has 0 aliphatic carbocycles. The maximum Gasteiger partial charge on any atom is 0.303 e. The van der Waals surface area contributed by atoms with Gasteiger partial charge in [0.2, 0.25) is 4.96 Å². The molecule has 2 aromatic heterocycles. The van der Waals surface area contributed by atoms with Crippen LogP contribution in [0, 0.1) is 0 Å². The molecule has 86 valence electrons. The van der Waals surface area contributed by atoms with Crippen LogP contribution in [0.3, 0.4) is 0 Å². The third kappa shape index (κ3) is 2.04. The Morgan fingerprint density at radius 2 is 2.25 bits per heavy atom. The Labute approximate surface area is 95.9 Å². The van der Waals surface area contributed by atoms with Crippen molar-refractivity contribution in [1.29, 1.82) is 0 Å². The fraction of sp³-hybridized carbons (Fsp3) is 0.556. The normalized spacial score (nSPS) is 11.4. The van der Waals surface area contributed by atoms with E-state index in [1.165, 1.54) is 11.3 Å². The molecule has 0 amide bonds. The van der Waals surface area contributed by atoms with Crippen molar-refractivity contribution in [3.05, 3.63) is 10.8 Å². The molecule has 0 aliphatic heterocycles. The molecule has 0 atom stereocenters. The van der Waals surface area contributed by atoms with Crippen LogP contribution in [-0.2, 0) is 11.2 Å². The summed E-state index contributed by atoms with van der Waals surface area (Å²) in [6, 6.07) is 0. The Bertz CT molecular complexity index is 517. The van der Waals surface area contributed by atoms with Gasteiger partial charge >= 0.3 is 5.97 Å². The van der Waals surface area contributed by atoms with E-state index in [2.05, 4.69) is 15.3 Å². The number of aryl methyl sites for hydroxylation is 1. The standard InChI is InChI=1S/C9H12N4O2S/c1-5(2)8-10-11-9-13(8)12-6(16-9)3-4-7(14)15/h5H,3-4H2,1-2H3,(H,14,15). The Hall–Kier alpha value is -1.50. The maximum atomic E-state index is 10.4. The van der Waals surface area contributed by atoms with E-state index in [0.29, 0.717) is 6.42 Å². The van der Waals surface area contributed by atoms with E-state index in [-0.39, 0.29) is 12.3 Å². The minimum atomic E-state index is -0.810. The van der Waals surface area contributed by atoms with Crippen LogP contribution in [0.1, 0.15) is 37.0 Å². The van der Waals surface area contributed by atoms with Crippen LogP contribution in [0.2, 0.25) is 0 Å². The minimum Gasteiger partial charge on any atom is -0.481 e.